The molecule has 15 heavy (non-hydrogen) atoms. The van der Waals surface area contributed by atoms with Crippen LogP contribution in [0.15, 0.2) is 5.10 Å². The van der Waals surface area contributed by atoms with Gasteiger partial charge in [-0.15, -0.1) is 5.10 Å². The van der Waals surface area contributed by atoms with Crippen molar-refractivity contribution in [1.29, 1.82) is 0 Å². The van der Waals surface area contributed by atoms with E-state index in [4.69, 9.17) is 0 Å². The van der Waals surface area contributed by atoms with Crippen LogP contribution in [-0.2, 0) is 4.79 Å². The number of unbranched alkanes of at least 4 members (excludes halogenated alkanes) is 1. The van der Waals surface area contributed by atoms with Gasteiger partial charge in [-0.25, -0.2) is 10.2 Å². The van der Waals surface area contributed by atoms with Crippen molar-refractivity contribution in [2.75, 3.05) is 12.3 Å². The van der Waals surface area contributed by atoms with E-state index in [-0.39, 0.29) is 11.9 Å². The van der Waals surface area contributed by atoms with Crippen molar-refractivity contribution < 1.29 is 9.59 Å². The molecule has 3 amide bonds. The second-order valence-corrected chi connectivity index (χ2v) is 3.94. The first kappa shape index (κ1) is 11.8. The molecule has 1 aliphatic heterocycles. The van der Waals surface area contributed by atoms with E-state index in [1.54, 1.807) is 0 Å². The van der Waals surface area contributed by atoms with Gasteiger partial charge in [0.2, 0.25) is 5.91 Å². The van der Waals surface area contributed by atoms with Gasteiger partial charge in [0, 0.05) is 6.54 Å². The fourth-order valence-electron chi connectivity index (χ4n) is 0.905. The lowest BCUT2D eigenvalue weighted by atomic mass is 10.3. The molecular weight excluding hydrogens is 216 g/mol. The van der Waals surface area contributed by atoms with E-state index >= 15 is 0 Å². The van der Waals surface area contributed by atoms with Crippen LogP contribution in [0.2, 0.25) is 0 Å². The Labute approximate surface area is 92.2 Å². The molecule has 1 saturated heterocycles. The van der Waals surface area contributed by atoms with Crippen LogP contribution in [0.1, 0.15) is 19.8 Å². The van der Waals surface area contributed by atoms with Gasteiger partial charge in [0.05, 0.1) is 5.75 Å². The molecule has 3 N–H and O–H groups in total. The van der Waals surface area contributed by atoms with Crippen LogP contribution in [0, 0.1) is 0 Å². The molecular formula is C8H14N4O2S. The van der Waals surface area contributed by atoms with Gasteiger partial charge < -0.3 is 10.6 Å². The maximum Gasteiger partial charge on any atom is 0.335 e. The predicted octanol–water partition coefficient (Wildman–Crippen LogP) is 0.220. The molecule has 7 heteroatoms. The highest BCUT2D eigenvalue weighted by Gasteiger charge is 2.16. The van der Waals surface area contributed by atoms with E-state index in [1.165, 1.54) is 11.8 Å². The van der Waals surface area contributed by atoms with Gasteiger partial charge in [0.1, 0.15) is 0 Å². The number of urea groups is 1. The van der Waals surface area contributed by atoms with Crippen molar-refractivity contribution in [1.82, 2.24) is 16.1 Å². The second kappa shape index (κ2) is 6.28. The van der Waals surface area contributed by atoms with Gasteiger partial charge in [0.25, 0.3) is 0 Å². The number of hydrogen-bond donors (Lipinski definition) is 3. The number of hydrogen-bond acceptors (Lipinski definition) is 4. The monoisotopic (exact) mass is 230 g/mol. The Hall–Kier alpha value is -1.24. The van der Waals surface area contributed by atoms with Crippen molar-refractivity contribution in [3.8, 4) is 0 Å². The van der Waals surface area contributed by atoms with Crippen LogP contribution in [-0.4, -0.2) is 29.4 Å². The molecule has 1 rings (SSSR count). The first-order chi connectivity index (χ1) is 7.22. The highest BCUT2D eigenvalue weighted by atomic mass is 32.2. The van der Waals surface area contributed by atoms with E-state index < -0.39 is 0 Å². The number of hydrazone groups is 1. The molecule has 0 aromatic rings. The number of amidine groups is 1. The van der Waals surface area contributed by atoms with Crippen LogP contribution in [0.25, 0.3) is 0 Å². The normalized spacial score (nSPS) is 17.7. The lowest BCUT2D eigenvalue weighted by Gasteiger charge is -2.02. The SMILES string of the molecule is CCCCNC(=O)NN=C1NC(=O)CS1. The minimum absolute atomic E-state index is 0.0908. The zero-order valence-electron chi connectivity index (χ0n) is 8.50. The van der Waals surface area contributed by atoms with Gasteiger partial charge in [0.15, 0.2) is 5.17 Å². The Balaban J connectivity index is 2.18. The molecule has 0 atom stereocenters. The van der Waals surface area contributed by atoms with Crippen molar-refractivity contribution in [3.63, 3.8) is 0 Å². The summed E-state index contributed by atoms with van der Waals surface area (Å²) in [7, 11) is 0. The maximum absolute atomic E-state index is 11.1. The first-order valence-corrected chi connectivity index (χ1v) is 5.75. The number of thioether (sulfide) groups is 1. The predicted molar refractivity (Wildman–Crippen MR) is 59.5 cm³/mol. The Morgan fingerprint density at radius 1 is 1.67 bits per heavy atom. The highest BCUT2D eigenvalue weighted by Crippen LogP contribution is 2.07. The van der Waals surface area contributed by atoms with Crippen LogP contribution in [0.4, 0.5) is 4.79 Å². The van der Waals surface area contributed by atoms with Gasteiger partial charge in [-0.1, -0.05) is 25.1 Å². The molecule has 0 bridgehead atoms. The van der Waals surface area contributed by atoms with E-state index in [9.17, 15) is 9.59 Å². The summed E-state index contributed by atoms with van der Waals surface area (Å²) < 4.78 is 0. The summed E-state index contributed by atoms with van der Waals surface area (Å²) >= 11 is 1.27. The minimum atomic E-state index is -0.349. The Kier molecular flexibility index (Phi) is 4.96. The van der Waals surface area contributed by atoms with Gasteiger partial charge >= 0.3 is 6.03 Å². The van der Waals surface area contributed by atoms with E-state index in [0.29, 0.717) is 17.5 Å². The number of nitrogens with one attached hydrogen (secondary N) is 3. The number of amides is 3. The van der Waals surface area contributed by atoms with Crippen molar-refractivity contribution in [2.24, 2.45) is 5.10 Å². The van der Waals surface area contributed by atoms with Crippen molar-refractivity contribution in [3.05, 3.63) is 0 Å². The smallest absolute Gasteiger partial charge is 0.335 e. The molecule has 0 aromatic carbocycles. The standard InChI is InChI=1S/C8H14N4O2S/c1-2-3-4-9-7(14)11-12-8-10-6(13)5-15-8/h2-5H2,1H3,(H2,9,11,14)(H,10,12,13). The third kappa shape index (κ3) is 4.68. The van der Waals surface area contributed by atoms with Crippen LogP contribution in [0.5, 0.6) is 0 Å². The molecule has 0 saturated carbocycles. The molecule has 6 nitrogen and oxygen atoms in total. The molecule has 0 unspecified atom stereocenters. The summed E-state index contributed by atoms with van der Waals surface area (Å²) in [4.78, 5) is 21.9. The van der Waals surface area contributed by atoms with Crippen LogP contribution in [0.3, 0.4) is 0 Å². The zero-order chi connectivity index (χ0) is 11.1. The number of nitrogens with zero attached hydrogens (tertiary/aromatic N) is 1. The third-order valence-electron chi connectivity index (χ3n) is 1.66. The summed E-state index contributed by atoms with van der Waals surface area (Å²) in [6.45, 7) is 2.68. The fourth-order valence-corrected chi connectivity index (χ4v) is 1.54. The van der Waals surface area contributed by atoms with Gasteiger partial charge in [-0.05, 0) is 6.42 Å². The lowest BCUT2D eigenvalue weighted by molar-refractivity contribution is -0.116. The van der Waals surface area contributed by atoms with E-state index in [2.05, 4.69) is 21.2 Å². The van der Waals surface area contributed by atoms with Crippen molar-refractivity contribution >= 4 is 28.9 Å². The molecule has 0 radical (unpaired) electrons. The molecule has 1 fully saturated rings. The molecule has 1 heterocycles. The van der Waals surface area contributed by atoms with Gasteiger partial charge in [-0.2, -0.15) is 0 Å². The Morgan fingerprint density at radius 3 is 3.07 bits per heavy atom. The summed E-state index contributed by atoms with van der Waals surface area (Å²) in [5, 5.41) is 9.32. The quantitative estimate of drug-likeness (QED) is 0.477. The number of rotatable bonds is 4. The summed E-state index contributed by atoms with van der Waals surface area (Å²) in [5.41, 5.74) is 2.31. The van der Waals surface area contributed by atoms with Crippen LogP contribution >= 0.6 is 11.8 Å². The Morgan fingerprint density at radius 2 is 2.47 bits per heavy atom. The van der Waals surface area contributed by atoms with Crippen molar-refractivity contribution in [2.45, 2.75) is 19.8 Å². The minimum Gasteiger partial charge on any atom is -0.337 e. The largest absolute Gasteiger partial charge is 0.337 e. The van der Waals surface area contributed by atoms with Gasteiger partial charge in [-0.3, -0.25) is 4.79 Å². The topological polar surface area (TPSA) is 82.6 Å². The average Bonchev–Trinajstić information content (AvgIpc) is 2.62. The van der Waals surface area contributed by atoms with Crippen LogP contribution < -0.4 is 16.1 Å². The third-order valence-corrected chi connectivity index (χ3v) is 2.53. The average molecular weight is 230 g/mol. The number of carbonyl (C=O) groups excluding carboxylic acids is 2. The summed E-state index contributed by atoms with van der Waals surface area (Å²) in [5.74, 6) is 0.268. The fraction of sp³-hybridized carbons (Fsp3) is 0.625. The summed E-state index contributed by atoms with van der Waals surface area (Å²) in [6, 6.07) is -0.349. The highest BCUT2D eigenvalue weighted by molar-refractivity contribution is 8.15. The molecule has 1 aliphatic rings. The molecule has 0 spiro atoms. The Bertz CT molecular complexity index is 280. The molecule has 84 valence electrons. The zero-order valence-corrected chi connectivity index (χ0v) is 9.32. The van der Waals surface area contributed by atoms with E-state index in [1.807, 2.05) is 6.92 Å². The first-order valence-electron chi connectivity index (χ1n) is 4.76. The molecule has 0 aromatic heterocycles. The number of carbonyl (C=O) groups is 2. The second-order valence-electron chi connectivity index (χ2n) is 2.98. The lowest BCUT2D eigenvalue weighted by Crippen LogP contribution is -2.34. The maximum atomic E-state index is 11.1. The van der Waals surface area contributed by atoms with E-state index in [0.717, 1.165) is 12.8 Å². The summed E-state index contributed by atoms with van der Waals surface area (Å²) in [6.07, 6.45) is 1.97. The molecule has 0 aliphatic carbocycles.